The van der Waals surface area contributed by atoms with Gasteiger partial charge < -0.3 is 30.3 Å². The third-order valence-electron chi connectivity index (χ3n) is 7.67. The van der Waals surface area contributed by atoms with Crippen molar-refractivity contribution < 1.29 is 4.79 Å². The molecule has 2 aliphatic rings. The van der Waals surface area contributed by atoms with E-state index in [0.29, 0.717) is 5.92 Å². The van der Waals surface area contributed by atoms with Crippen LogP contribution in [0.2, 0.25) is 0 Å². The van der Waals surface area contributed by atoms with E-state index in [4.69, 9.17) is 0 Å². The molecular weight excluding hydrogens is 476 g/mol. The molecule has 6 rings (SSSR count). The second-order valence-corrected chi connectivity index (χ2v) is 10.2. The zero-order valence-corrected chi connectivity index (χ0v) is 21.7. The van der Waals surface area contributed by atoms with Crippen LogP contribution < -0.4 is 20.4 Å². The standard InChI is InChI=1S/C29H34N8O/c1-35-14-16-36(17-15-35)26-10-3-2-9-25(26)34-29(38)33-23-8-4-6-21(18-23)22-7-5-13-37(19-22)28-24-11-12-30-27(24)31-20-32-28/h2-4,6,8-12,18,20,22H,5,7,13-17,19H2,1H3,(H,30,31,32)(H2,33,34,38). The van der Waals surface area contributed by atoms with Gasteiger partial charge in [-0.1, -0.05) is 24.3 Å². The summed E-state index contributed by atoms with van der Waals surface area (Å²) in [4.78, 5) is 32.1. The van der Waals surface area contributed by atoms with Crippen LogP contribution in [0.25, 0.3) is 11.0 Å². The molecule has 2 aliphatic heterocycles. The SMILES string of the molecule is CN1CCN(c2ccccc2NC(=O)Nc2cccc(C3CCCN(c4ncnc5[nH]ccc45)C3)c2)CC1. The number of para-hydroxylation sites is 2. The number of urea groups is 1. The zero-order valence-electron chi connectivity index (χ0n) is 21.7. The van der Waals surface area contributed by atoms with Crippen LogP contribution in [0.3, 0.4) is 0 Å². The number of carbonyl (C=O) groups is 1. The van der Waals surface area contributed by atoms with Gasteiger partial charge in [0.25, 0.3) is 0 Å². The van der Waals surface area contributed by atoms with Crippen LogP contribution in [0.5, 0.6) is 0 Å². The summed E-state index contributed by atoms with van der Waals surface area (Å²) in [5, 5.41) is 7.19. The van der Waals surface area contributed by atoms with Gasteiger partial charge in [-0.25, -0.2) is 14.8 Å². The molecule has 9 heteroatoms. The maximum Gasteiger partial charge on any atom is 0.323 e. The predicted octanol–water partition coefficient (Wildman–Crippen LogP) is 4.74. The molecule has 2 saturated heterocycles. The Morgan fingerprint density at radius 1 is 0.947 bits per heavy atom. The number of nitrogens with zero attached hydrogens (tertiary/aromatic N) is 5. The fourth-order valence-electron chi connectivity index (χ4n) is 5.61. The number of benzene rings is 2. The van der Waals surface area contributed by atoms with Crippen LogP contribution in [0.4, 0.5) is 27.7 Å². The van der Waals surface area contributed by atoms with E-state index in [1.54, 1.807) is 6.33 Å². The first-order valence-electron chi connectivity index (χ1n) is 13.4. The monoisotopic (exact) mass is 510 g/mol. The van der Waals surface area contributed by atoms with E-state index >= 15 is 0 Å². The van der Waals surface area contributed by atoms with Crippen molar-refractivity contribution in [3.63, 3.8) is 0 Å². The van der Waals surface area contributed by atoms with Gasteiger partial charge >= 0.3 is 6.03 Å². The summed E-state index contributed by atoms with van der Waals surface area (Å²) in [6.07, 6.45) is 5.73. The number of likely N-dealkylation sites (N-methyl/N-ethyl adjacent to an activating group) is 1. The lowest BCUT2D eigenvalue weighted by Crippen LogP contribution is -2.44. The molecule has 4 heterocycles. The summed E-state index contributed by atoms with van der Waals surface area (Å²) >= 11 is 0. The maximum absolute atomic E-state index is 13.0. The summed E-state index contributed by atoms with van der Waals surface area (Å²) < 4.78 is 0. The highest BCUT2D eigenvalue weighted by molar-refractivity contribution is 6.02. The van der Waals surface area contributed by atoms with E-state index in [-0.39, 0.29) is 6.03 Å². The molecule has 1 atom stereocenters. The van der Waals surface area contributed by atoms with E-state index in [9.17, 15) is 4.79 Å². The number of anilines is 4. The smallest absolute Gasteiger partial charge is 0.323 e. The third-order valence-corrected chi connectivity index (χ3v) is 7.67. The number of piperazine rings is 1. The molecule has 0 spiro atoms. The molecule has 3 N–H and O–H groups in total. The minimum atomic E-state index is -0.232. The first kappa shape index (κ1) is 24.2. The van der Waals surface area contributed by atoms with Crippen molar-refractivity contribution >= 4 is 39.9 Å². The van der Waals surface area contributed by atoms with E-state index in [1.165, 1.54) is 5.56 Å². The molecule has 2 fully saturated rings. The number of aromatic amines is 1. The first-order valence-corrected chi connectivity index (χ1v) is 13.4. The molecule has 196 valence electrons. The van der Waals surface area contributed by atoms with Gasteiger partial charge in [-0.3, -0.25) is 0 Å². The van der Waals surface area contributed by atoms with Gasteiger partial charge in [0.1, 0.15) is 17.8 Å². The molecule has 2 amide bonds. The average molecular weight is 511 g/mol. The Labute approximate surface area is 222 Å². The van der Waals surface area contributed by atoms with E-state index in [2.05, 4.69) is 65.5 Å². The van der Waals surface area contributed by atoms with Crippen LogP contribution in [-0.2, 0) is 0 Å². The Kier molecular flexibility index (Phi) is 6.83. The molecule has 0 radical (unpaired) electrons. The van der Waals surface area contributed by atoms with Crippen LogP contribution >= 0.6 is 0 Å². The summed E-state index contributed by atoms with van der Waals surface area (Å²) in [5.74, 6) is 1.34. The number of piperidine rings is 1. The van der Waals surface area contributed by atoms with E-state index in [0.717, 1.165) is 86.0 Å². The van der Waals surface area contributed by atoms with Gasteiger partial charge in [0, 0.05) is 57.1 Å². The predicted molar refractivity (Wildman–Crippen MR) is 153 cm³/mol. The Morgan fingerprint density at radius 2 is 1.82 bits per heavy atom. The number of amides is 2. The van der Waals surface area contributed by atoms with E-state index in [1.807, 2.05) is 42.6 Å². The van der Waals surface area contributed by atoms with Crippen molar-refractivity contribution in [1.82, 2.24) is 19.9 Å². The number of fused-ring (bicyclic) bond motifs is 1. The molecule has 0 saturated carbocycles. The summed E-state index contributed by atoms with van der Waals surface area (Å²) in [6.45, 7) is 5.77. The number of nitrogens with one attached hydrogen (secondary N) is 3. The van der Waals surface area contributed by atoms with Crippen molar-refractivity contribution in [3.05, 3.63) is 72.7 Å². The lowest BCUT2D eigenvalue weighted by Gasteiger charge is -2.35. The molecule has 1 unspecified atom stereocenters. The number of hydrogen-bond acceptors (Lipinski definition) is 6. The van der Waals surface area contributed by atoms with Gasteiger partial charge in [-0.15, -0.1) is 0 Å². The highest BCUT2D eigenvalue weighted by atomic mass is 16.2. The summed E-state index contributed by atoms with van der Waals surface area (Å²) in [7, 11) is 2.14. The highest BCUT2D eigenvalue weighted by Gasteiger charge is 2.24. The summed E-state index contributed by atoms with van der Waals surface area (Å²) in [6, 6.07) is 18.1. The quantitative estimate of drug-likeness (QED) is 0.359. The van der Waals surface area contributed by atoms with Gasteiger partial charge in [0.2, 0.25) is 0 Å². The molecular formula is C29H34N8O. The summed E-state index contributed by atoms with van der Waals surface area (Å²) in [5.41, 5.74) is 4.78. The fraction of sp³-hybridized carbons (Fsp3) is 0.345. The van der Waals surface area contributed by atoms with Gasteiger partial charge in [-0.05, 0) is 55.8 Å². The van der Waals surface area contributed by atoms with Crippen molar-refractivity contribution in [2.45, 2.75) is 18.8 Å². The third kappa shape index (κ3) is 5.15. The van der Waals surface area contributed by atoms with Crippen molar-refractivity contribution in [2.24, 2.45) is 0 Å². The highest BCUT2D eigenvalue weighted by Crippen LogP contribution is 2.33. The van der Waals surface area contributed by atoms with Crippen molar-refractivity contribution in [3.8, 4) is 0 Å². The van der Waals surface area contributed by atoms with Gasteiger partial charge in [0.15, 0.2) is 0 Å². The number of carbonyl (C=O) groups excluding carboxylic acids is 1. The average Bonchev–Trinajstić information content (AvgIpc) is 3.43. The minimum Gasteiger partial charge on any atom is -0.367 e. The zero-order chi connectivity index (χ0) is 25.9. The Hall–Kier alpha value is -4.11. The Morgan fingerprint density at radius 3 is 2.71 bits per heavy atom. The molecule has 0 bridgehead atoms. The maximum atomic E-state index is 13.0. The second kappa shape index (κ2) is 10.7. The largest absolute Gasteiger partial charge is 0.367 e. The van der Waals surface area contributed by atoms with Crippen molar-refractivity contribution in [2.75, 3.05) is 66.7 Å². The molecule has 2 aromatic heterocycles. The lowest BCUT2D eigenvalue weighted by atomic mass is 9.90. The topological polar surface area (TPSA) is 92.4 Å². The first-order chi connectivity index (χ1) is 18.6. The molecule has 2 aromatic carbocycles. The lowest BCUT2D eigenvalue weighted by molar-refractivity contribution is 0.262. The van der Waals surface area contributed by atoms with Crippen LogP contribution in [0.1, 0.15) is 24.3 Å². The number of aromatic nitrogens is 3. The Balaban J connectivity index is 1.13. The Bertz CT molecular complexity index is 1410. The van der Waals surface area contributed by atoms with Crippen LogP contribution in [0, 0.1) is 0 Å². The van der Waals surface area contributed by atoms with Gasteiger partial charge in [0.05, 0.1) is 16.8 Å². The number of rotatable bonds is 5. The normalized spacial score (nSPS) is 18.5. The molecule has 4 aromatic rings. The van der Waals surface area contributed by atoms with Gasteiger partial charge in [-0.2, -0.15) is 0 Å². The molecule has 9 nitrogen and oxygen atoms in total. The number of H-pyrrole nitrogens is 1. The van der Waals surface area contributed by atoms with E-state index < -0.39 is 0 Å². The minimum absolute atomic E-state index is 0.232. The number of hydrogen-bond donors (Lipinski definition) is 3. The molecule has 38 heavy (non-hydrogen) atoms. The second-order valence-electron chi connectivity index (χ2n) is 10.2. The van der Waals surface area contributed by atoms with Crippen LogP contribution in [-0.4, -0.2) is 72.2 Å². The van der Waals surface area contributed by atoms with Crippen LogP contribution in [0.15, 0.2) is 67.1 Å². The van der Waals surface area contributed by atoms with Crippen molar-refractivity contribution in [1.29, 1.82) is 0 Å². The molecule has 0 aliphatic carbocycles. The fourth-order valence-corrected chi connectivity index (χ4v) is 5.61.